The highest BCUT2D eigenvalue weighted by Gasteiger charge is 2.43. The van der Waals surface area contributed by atoms with Crippen molar-refractivity contribution in [3.63, 3.8) is 0 Å². The van der Waals surface area contributed by atoms with E-state index in [4.69, 9.17) is 11.6 Å². The molecule has 9 heteroatoms. The van der Waals surface area contributed by atoms with Crippen LogP contribution in [0.4, 0.5) is 20.3 Å². The summed E-state index contributed by atoms with van der Waals surface area (Å²) in [5, 5.41) is 3.14. The van der Waals surface area contributed by atoms with Crippen molar-refractivity contribution in [1.29, 1.82) is 0 Å². The van der Waals surface area contributed by atoms with E-state index in [9.17, 15) is 8.78 Å². The predicted molar refractivity (Wildman–Crippen MR) is 70.7 cm³/mol. The Morgan fingerprint density at radius 2 is 1.95 bits per heavy atom. The fourth-order valence-corrected chi connectivity index (χ4v) is 2.04. The maximum atomic E-state index is 12.9. The number of alkyl halides is 2. The molecule has 0 radical (unpaired) electrons. The first-order chi connectivity index (χ1) is 9.44. The molecule has 104 valence electrons. The van der Waals surface area contributed by atoms with Crippen LogP contribution in [0, 0.1) is 0 Å². The standard InChI is InChI=1S/C11H5BrClF2N3O2/c12-8-9(13)16-4-17-10(8)18-5-1-2-6-7(3-5)20-11(14,15)19-6/h1-4H,(H,16,17,18). The second-order valence-corrected chi connectivity index (χ2v) is 4.93. The summed E-state index contributed by atoms with van der Waals surface area (Å²) in [6.45, 7) is 0. The van der Waals surface area contributed by atoms with Gasteiger partial charge in [0.25, 0.3) is 0 Å². The Bertz CT molecular complexity index is 687. The molecule has 1 aliphatic heterocycles. The van der Waals surface area contributed by atoms with Gasteiger partial charge in [-0.15, -0.1) is 8.78 Å². The summed E-state index contributed by atoms with van der Waals surface area (Å²) in [4.78, 5) is 7.76. The Kier molecular flexibility index (Phi) is 3.14. The van der Waals surface area contributed by atoms with Crippen LogP contribution in [0.5, 0.6) is 11.5 Å². The van der Waals surface area contributed by atoms with Crippen LogP contribution in [-0.2, 0) is 0 Å². The van der Waals surface area contributed by atoms with Crippen molar-refractivity contribution in [2.45, 2.75) is 6.29 Å². The number of hydrogen-bond acceptors (Lipinski definition) is 5. The van der Waals surface area contributed by atoms with E-state index in [2.05, 4.69) is 40.7 Å². The first-order valence-electron chi connectivity index (χ1n) is 5.27. The molecule has 0 fully saturated rings. The number of rotatable bonds is 2. The van der Waals surface area contributed by atoms with E-state index in [-0.39, 0.29) is 16.7 Å². The van der Waals surface area contributed by atoms with E-state index in [1.165, 1.54) is 18.5 Å². The highest BCUT2D eigenvalue weighted by molar-refractivity contribution is 9.10. The molecular formula is C11H5BrClF2N3O2. The SMILES string of the molecule is FC1(F)Oc2ccc(Nc3ncnc(Cl)c3Br)cc2O1. The Morgan fingerprint density at radius 3 is 2.75 bits per heavy atom. The molecule has 1 aromatic heterocycles. The van der Waals surface area contributed by atoms with Gasteiger partial charge in [-0.1, -0.05) is 11.6 Å². The number of fused-ring (bicyclic) bond motifs is 1. The molecule has 0 atom stereocenters. The number of halogens is 4. The number of anilines is 2. The second-order valence-electron chi connectivity index (χ2n) is 3.78. The van der Waals surface area contributed by atoms with Gasteiger partial charge in [-0.2, -0.15) is 0 Å². The van der Waals surface area contributed by atoms with Crippen LogP contribution in [0.2, 0.25) is 5.15 Å². The van der Waals surface area contributed by atoms with Gasteiger partial charge in [-0.25, -0.2) is 9.97 Å². The third kappa shape index (κ3) is 2.48. The summed E-state index contributed by atoms with van der Waals surface area (Å²) >= 11 is 9.05. The first-order valence-corrected chi connectivity index (χ1v) is 6.45. The molecule has 0 amide bonds. The minimum absolute atomic E-state index is 0.0275. The smallest absolute Gasteiger partial charge is 0.395 e. The van der Waals surface area contributed by atoms with E-state index in [1.807, 2.05) is 0 Å². The number of aromatic nitrogens is 2. The zero-order chi connectivity index (χ0) is 14.3. The maximum Gasteiger partial charge on any atom is 0.586 e. The molecule has 2 heterocycles. The van der Waals surface area contributed by atoms with Crippen LogP contribution in [0.1, 0.15) is 0 Å². The molecule has 0 unspecified atom stereocenters. The molecule has 0 aliphatic carbocycles. The van der Waals surface area contributed by atoms with Gasteiger partial charge in [-0.05, 0) is 28.1 Å². The summed E-state index contributed by atoms with van der Waals surface area (Å²) < 4.78 is 34.9. The summed E-state index contributed by atoms with van der Waals surface area (Å²) in [6.07, 6.45) is -2.36. The van der Waals surface area contributed by atoms with Gasteiger partial charge in [0.1, 0.15) is 17.3 Å². The Morgan fingerprint density at radius 1 is 1.20 bits per heavy atom. The molecule has 3 rings (SSSR count). The largest absolute Gasteiger partial charge is 0.586 e. The van der Waals surface area contributed by atoms with Crippen LogP contribution >= 0.6 is 27.5 Å². The predicted octanol–water partition coefficient (Wildman–Crippen LogP) is 3.96. The molecular weight excluding hydrogens is 359 g/mol. The summed E-state index contributed by atoms with van der Waals surface area (Å²) in [5.74, 6) is 0.312. The van der Waals surface area contributed by atoms with Crippen LogP contribution in [0.3, 0.4) is 0 Å². The van der Waals surface area contributed by atoms with Crippen LogP contribution < -0.4 is 14.8 Å². The highest BCUT2D eigenvalue weighted by Crippen LogP contribution is 2.42. The van der Waals surface area contributed by atoms with E-state index in [0.717, 1.165) is 0 Å². The normalized spacial score (nSPS) is 15.2. The van der Waals surface area contributed by atoms with Gasteiger partial charge in [0.05, 0.1) is 4.47 Å². The second kappa shape index (κ2) is 4.71. The Balaban J connectivity index is 1.89. The molecule has 0 spiro atoms. The third-order valence-electron chi connectivity index (χ3n) is 2.41. The number of hydrogen-bond donors (Lipinski definition) is 1. The quantitative estimate of drug-likeness (QED) is 0.818. The third-order valence-corrected chi connectivity index (χ3v) is 3.68. The number of ether oxygens (including phenoxy) is 2. The minimum atomic E-state index is -3.64. The molecule has 1 aliphatic rings. The van der Waals surface area contributed by atoms with E-state index in [1.54, 1.807) is 6.07 Å². The lowest BCUT2D eigenvalue weighted by molar-refractivity contribution is -0.286. The van der Waals surface area contributed by atoms with Crippen molar-refractivity contribution in [2.24, 2.45) is 0 Å². The van der Waals surface area contributed by atoms with Crippen molar-refractivity contribution in [3.8, 4) is 11.5 Å². The average molecular weight is 365 g/mol. The van der Waals surface area contributed by atoms with Gasteiger partial charge in [-0.3, -0.25) is 0 Å². The number of nitrogens with zero attached hydrogens (tertiary/aromatic N) is 2. The topological polar surface area (TPSA) is 56.3 Å². The monoisotopic (exact) mass is 363 g/mol. The summed E-state index contributed by atoms with van der Waals surface area (Å²) in [6, 6.07) is 4.29. The van der Waals surface area contributed by atoms with Gasteiger partial charge in [0.2, 0.25) is 0 Å². The lowest BCUT2D eigenvalue weighted by atomic mass is 10.3. The Hall–Kier alpha value is -1.67. The molecule has 0 saturated heterocycles. The van der Waals surface area contributed by atoms with Crippen LogP contribution in [0.25, 0.3) is 0 Å². The zero-order valence-electron chi connectivity index (χ0n) is 9.53. The van der Waals surface area contributed by atoms with Crippen LogP contribution in [0.15, 0.2) is 29.0 Å². The van der Waals surface area contributed by atoms with Crippen molar-refractivity contribution in [1.82, 2.24) is 9.97 Å². The lowest BCUT2D eigenvalue weighted by Gasteiger charge is -2.08. The molecule has 0 saturated carbocycles. The van der Waals surface area contributed by atoms with Gasteiger partial charge >= 0.3 is 6.29 Å². The average Bonchev–Trinajstić information content (AvgIpc) is 2.68. The molecule has 1 aromatic carbocycles. The van der Waals surface area contributed by atoms with Crippen molar-refractivity contribution < 1.29 is 18.3 Å². The number of benzene rings is 1. The molecule has 0 bridgehead atoms. The fraction of sp³-hybridized carbons (Fsp3) is 0.0909. The lowest BCUT2D eigenvalue weighted by Crippen LogP contribution is -2.25. The van der Waals surface area contributed by atoms with Crippen LogP contribution in [-0.4, -0.2) is 16.3 Å². The van der Waals surface area contributed by atoms with E-state index in [0.29, 0.717) is 16.0 Å². The van der Waals surface area contributed by atoms with Gasteiger partial charge in [0, 0.05) is 11.8 Å². The molecule has 20 heavy (non-hydrogen) atoms. The zero-order valence-corrected chi connectivity index (χ0v) is 11.9. The Labute approximate surface area is 125 Å². The molecule has 1 N–H and O–H groups in total. The van der Waals surface area contributed by atoms with Gasteiger partial charge in [0.15, 0.2) is 11.5 Å². The van der Waals surface area contributed by atoms with E-state index >= 15 is 0 Å². The minimum Gasteiger partial charge on any atom is -0.395 e. The van der Waals surface area contributed by atoms with Crippen molar-refractivity contribution in [3.05, 3.63) is 34.2 Å². The van der Waals surface area contributed by atoms with Crippen molar-refractivity contribution in [2.75, 3.05) is 5.32 Å². The first kappa shape index (κ1) is 13.3. The molecule has 5 nitrogen and oxygen atoms in total. The van der Waals surface area contributed by atoms with E-state index < -0.39 is 6.29 Å². The summed E-state index contributed by atoms with van der Waals surface area (Å²) in [7, 11) is 0. The van der Waals surface area contributed by atoms with Crippen molar-refractivity contribution >= 4 is 39.0 Å². The molecule has 2 aromatic rings. The maximum absolute atomic E-state index is 12.9. The number of nitrogens with one attached hydrogen (secondary N) is 1. The van der Waals surface area contributed by atoms with Gasteiger partial charge < -0.3 is 14.8 Å². The fourth-order valence-electron chi connectivity index (χ4n) is 1.60. The highest BCUT2D eigenvalue weighted by atomic mass is 79.9. The summed E-state index contributed by atoms with van der Waals surface area (Å²) in [5.41, 5.74) is 0.487.